The number of hydrogen-bond acceptors (Lipinski definition) is 3. The van der Waals surface area contributed by atoms with Gasteiger partial charge < -0.3 is 4.90 Å². The van der Waals surface area contributed by atoms with E-state index in [-0.39, 0.29) is 0 Å². The number of aromatic nitrogens is 2. The second kappa shape index (κ2) is 7.62. The summed E-state index contributed by atoms with van der Waals surface area (Å²) in [5.41, 5.74) is 4.03. The Balaban J connectivity index is 1.42. The summed E-state index contributed by atoms with van der Waals surface area (Å²) in [4.78, 5) is 16.4. The predicted molar refractivity (Wildman–Crippen MR) is 102 cm³/mol. The number of carbonyl (C=O) groups is 1. The molecule has 0 radical (unpaired) electrons. The largest absolute Gasteiger partial charge is 0.343 e. The van der Waals surface area contributed by atoms with Crippen molar-refractivity contribution in [3.05, 3.63) is 53.3 Å². The van der Waals surface area contributed by atoms with Crippen LogP contribution in [0.4, 0.5) is 0 Å². The standard InChI is InChI=1S/C21H28N4O/c1-2-17-5-7-18(8-6-17)14-23-15-19-9-11-22-25(19)20(16-23)10-13-24-12-3-4-21(24)26/h5-9,11,20H,2-4,10,12-16H2,1H3. The number of benzene rings is 1. The van der Waals surface area contributed by atoms with Gasteiger partial charge in [-0.1, -0.05) is 31.2 Å². The molecular weight excluding hydrogens is 324 g/mol. The molecule has 0 N–H and O–H groups in total. The monoisotopic (exact) mass is 352 g/mol. The predicted octanol–water partition coefficient (Wildman–Crippen LogP) is 3.01. The number of fused-ring (bicyclic) bond motifs is 1. The zero-order valence-corrected chi connectivity index (χ0v) is 15.6. The van der Waals surface area contributed by atoms with Crippen LogP contribution in [0, 0.1) is 0 Å². The first-order valence-corrected chi connectivity index (χ1v) is 9.83. The summed E-state index contributed by atoms with van der Waals surface area (Å²) in [5, 5.41) is 4.55. The topological polar surface area (TPSA) is 41.4 Å². The van der Waals surface area contributed by atoms with E-state index in [0.717, 1.165) is 58.4 Å². The van der Waals surface area contributed by atoms with Crippen molar-refractivity contribution in [2.75, 3.05) is 19.6 Å². The lowest BCUT2D eigenvalue weighted by molar-refractivity contribution is -0.127. The molecular formula is C21H28N4O. The average molecular weight is 352 g/mol. The van der Waals surface area contributed by atoms with Crippen molar-refractivity contribution in [2.45, 2.75) is 51.7 Å². The molecule has 138 valence electrons. The molecule has 1 fully saturated rings. The van der Waals surface area contributed by atoms with E-state index in [1.165, 1.54) is 16.8 Å². The summed E-state index contributed by atoms with van der Waals surface area (Å²) in [6.07, 6.45) is 5.70. The highest BCUT2D eigenvalue weighted by Crippen LogP contribution is 2.25. The van der Waals surface area contributed by atoms with Gasteiger partial charge in [0.05, 0.1) is 11.7 Å². The van der Waals surface area contributed by atoms with Crippen LogP contribution in [0.1, 0.15) is 49.0 Å². The summed E-state index contributed by atoms with van der Waals surface area (Å²) >= 11 is 0. The van der Waals surface area contributed by atoms with Gasteiger partial charge >= 0.3 is 0 Å². The first-order valence-electron chi connectivity index (χ1n) is 9.83. The summed E-state index contributed by atoms with van der Waals surface area (Å²) in [6.45, 7) is 6.86. The van der Waals surface area contributed by atoms with E-state index in [0.29, 0.717) is 11.9 Å². The van der Waals surface area contributed by atoms with Crippen molar-refractivity contribution in [1.82, 2.24) is 19.6 Å². The Labute approximate surface area is 155 Å². The number of amides is 1. The van der Waals surface area contributed by atoms with Gasteiger partial charge in [-0.05, 0) is 36.5 Å². The van der Waals surface area contributed by atoms with Crippen molar-refractivity contribution in [2.24, 2.45) is 0 Å². The fourth-order valence-electron chi connectivity index (χ4n) is 4.18. The summed E-state index contributed by atoms with van der Waals surface area (Å²) in [5.74, 6) is 0.314. The lowest BCUT2D eigenvalue weighted by atomic mass is 10.1. The third kappa shape index (κ3) is 3.68. The molecule has 1 saturated heterocycles. The molecule has 0 aliphatic carbocycles. The van der Waals surface area contributed by atoms with Crippen LogP contribution in [0.25, 0.3) is 0 Å². The molecule has 0 saturated carbocycles. The van der Waals surface area contributed by atoms with E-state index >= 15 is 0 Å². The van der Waals surface area contributed by atoms with E-state index in [4.69, 9.17) is 0 Å². The Hall–Kier alpha value is -2.14. The Bertz CT molecular complexity index is 752. The molecule has 0 spiro atoms. The average Bonchev–Trinajstić information content (AvgIpc) is 3.29. The SMILES string of the molecule is CCc1ccc(CN2Cc3ccnn3C(CCN3CCCC3=O)C2)cc1. The molecule has 26 heavy (non-hydrogen) atoms. The maximum atomic E-state index is 11.9. The van der Waals surface area contributed by atoms with Crippen LogP contribution in [-0.2, 0) is 24.3 Å². The number of aryl methyl sites for hydroxylation is 1. The maximum absolute atomic E-state index is 11.9. The first kappa shape index (κ1) is 17.3. The summed E-state index contributed by atoms with van der Waals surface area (Å²) < 4.78 is 2.18. The molecule has 1 aromatic heterocycles. The van der Waals surface area contributed by atoms with Crippen molar-refractivity contribution >= 4 is 5.91 Å². The highest BCUT2D eigenvalue weighted by Gasteiger charge is 2.27. The van der Waals surface area contributed by atoms with Crippen LogP contribution < -0.4 is 0 Å². The first-order chi connectivity index (χ1) is 12.7. The Morgan fingerprint density at radius 1 is 1.15 bits per heavy atom. The van der Waals surface area contributed by atoms with Crippen LogP contribution in [0.15, 0.2) is 36.5 Å². The molecule has 5 heteroatoms. The zero-order valence-electron chi connectivity index (χ0n) is 15.6. The van der Waals surface area contributed by atoms with Crippen molar-refractivity contribution in [3.8, 4) is 0 Å². The smallest absolute Gasteiger partial charge is 0.222 e. The molecule has 1 atom stereocenters. The number of likely N-dealkylation sites (tertiary alicyclic amines) is 1. The highest BCUT2D eigenvalue weighted by atomic mass is 16.2. The molecule has 2 aromatic rings. The van der Waals surface area contributed by atoms with Gasteiger partial charge in [0.25, 0.3) is 0 Å². The minimum atomic E-state index is 0.314. The van der Waals surface area contributed by atoms with Gasteiger partial charge in [0.15, 0.2) is 0 Å². The van der Waals surface area contributed by atoms with Crippen molar-refractivity contribution in [3.63, 3.8) is 0 Å². The van der Waals surface area contributed by atoms with Gasteiger partial charge in [-0.15, -0.1) is 0 Å². The van der Waals surface area contributed by atoms with E-state index in [1.807, 2.05) is 11.1 Å². The van der Waals surface area contributed by atoms with Crippen LogP contribution in [0.2, 0.25) is 0 Å². The molecule has 0 bridgehead atoms. The number of rotatable bonds is 6. The Morgan fingerprint density at radius 2 is 1.96 bits per heavy atom. The lowest BCUT2D eigenvalue weighted by Gasteiger charge is -2.34. The molecule has 1 amide bonds. The van der Waals surface area contributed by atoms with Gasteiger partial charge in [0.1, 0.15) is 0 Å². The van der Waals surface area contributed by atoms with Crippen molar-refractivity contribution in [1.29, 1.82) is 0 Å². The number of carbonyl (C=O) groups excluding carboxylic acids is 1. The van der Waals surface area contributed by atoms with Crippen LogP contribution in [0.5, 0.6) is 0 Å². The second-order valence-electron chi connectivity index (χ2n) is 7.53. The summed E-state index contributed by atoms with van der Waals surface area (Å²) in [7, 11) is 0. The lowest BCUT2D eigenvalue weighted by Crippen LogP contribution is -2.39. The minimum absolute atomic E-state index is 0.314. The normalized spacial score (nSPS) is 20.6. The van der Waals surface area contributed by atoms with Gasteiger partial charge in [0.2, 0.25) is 5.91 Å². The van der Waals surface area contributed by atoms with Gasteiger partial charge in [-0.25, -0.2) is 0 Å². The molecule has 1 aromatic carbocycles. The quantitative estimate of drug-likeness (QED) is 0.802. The van der Waals surface area contributed by atoms with Gasteiger partial charge in [-0.3, -0.25) is 14.4 Å². The van der Waals surface area contributed by atoms with Crippen LogP contribution >= 0.6 is 0 Å². The fourth-order valence-corrected chi connectivity index (χ4v) is 4.18. The van der Waals surface area contributed by atoms with Gasteiger partial charge in [0, 0.05) is 45.3 Å². The van der Waals surface area contributed by atoms with Crippen LogP contribution in [-0.4, -0.2) is 45.1 Å². The van der Waals surface area contributed by atoms with Gasteiger partial charge in [-0.2, -0.15) is 5.10 Å². The van der Waals surface area contributed by atoms with Crippen molar-refractivity contribution < 1.29 is 4.79 Å². The molecule has 1 unspecified atom stereocenters. The third-order valence-electron chi connectivity index (χ3n) is 5.69. The van der Waals surface area contributed by atoms with E-state index < -0.39 is 0 Å². The zero-order chi connectivity index (χ0) is 17.9. The molecule has 2 aliphatic heterocycles. The third-order valence-corrected chi connectivity index (χ3v) is 5.69. The molecule has 4 rings (SSSR count). The molecule has 3 heterocycles. The molecule has 5 nitrogen and oxygen atoms in total. The Kier molecular flexibility index (Phi) is 5.07. The fraction of sp³-hybridized carbons (Fsp3) is 0.524. The van der Waals surface area contributed by atoms with E-state index in [2.05, 4.69) is 51.9 Å². The number of hydrogen-bond donors (Lipinski definition) is 0. The minimum Gasteiger partial charge on any atom is -0.343 e. The maximum Gasteiger partial charge on any atom is 0.222 e. The molecule has 2 aliphatic rings. The highest BCUT2D eigenvalue weighted by molar-refractivity contribution is 5.78. The van der Waals surface area contributed by atoms with Crippen LogP contribution in [0.3, 0.4) is 0 Å². The van der Waals surface area contributed by atoms with E-state index in [9.17, 15) is 4.79 Å². The summed E-state index contributed by atoms with van der Waals surface area (Å²) in [6, 6.07) is 11.4. The number of nitrogens with zero attached hydrogens (tertiary/aromatic N) is 4. The van der Waals surface area contributed by atoms with E-state index in [1.54, 1.807) is 0 Å². The second-order valence-corrected chi connectivity index (χ2v) is 7.53. The Morgan fingerprint density at radius 3 is 2.69 bits per heavy atom.